The Morgan fingerprint density at radius 2 is 1.76 bits per heavy atom. The van der Waals surface area contributed by atoms with Crippen LogP contribution in [0.3, 0.4) is 0 Å². The lowest BCUT2D eigenvalue weighted by molar-refractivity contribution is -0.145. The van der Waals surface area contributed by atoms with Gasteiger partial charge in [0.15, 0.2) is 0 Å². The average Bonchev–Trinajstić information content (AvgIpc) is 2.57. The third-order valence-electron chi connectivity index (χ3n) is 2.30. The molecule has 2 rings (SSSR count). The van der Waals surface area contributed by atoms with Crippen molar-refractivity contribution in [2.24, 2.45) is 0 Å². The number of rotatable bonds is 0. The van der Waals surface area contributed by atoms with Gasteiger partial charge in [-0.3, -0.25) is 4.40 Å². The molecule has 92 valence electrons. The van der Waals surface area contributed by atoms with Crippen LogP contribution in [0.1, 0.15) is 32.3 Å². The third kappa shape index (κ3) is 2.09. The molecule has 2 aromatic heterocycles. The van der Waals surface area contributed by atoms with Gasteiger partial charge in [0.25, 0.3) is 5.78 Å². The summed E-state index contributed by atoms with van der Waals surface area (Å²) in [6, 6.07) is 1.55. The van der Waals surface area contributed by atoms with Gasteiger partial charge in [-0.25, -0.2) is 4.98 Å². The quantitative estimate of drug-likeness (QED) is 0.714. The highest BCUT2D eigenvalue weighted by Crippen LogP contribution is 2.28. The standard InChI is InChI=1S/C10H11F3N4/c1-9(2,3)6-4-5-17-7(10(11,12)13)15-16-8(17)14-6/h4-5H,1-3H3. The van der Waals surface area contributed by atoms with E-state index in [4.69, 9.17) is 0 Å². The summed E-state index contributed by atoms with van der Waals surface area (Å²) in [5, 5.41) is 6.56. The Labute approximate surface area is 95.5 Å². The van der Waals surface area contributed by atoms with Crippen molar-refractivity contribution in [1.29, 1.82) is 0 Å². The van der Waals surface area contributed by atoms with Gasteiger partial charge in [-0.1, -0.05) is 20.8 Å². The lowest BCUT2D eigenvalue weighted by Crippen LogP contribution is -2.15. The molecule has 0 saturated carbocycles. The fourth-order valence-electron chi connectivity index (χ4n) is 1.40. The fourth-order valence-corrected chi connectivity index (χ4v) is 1.40. The lowest BCUT2D eigenvalue weighted by Gasteiger charge is -2.17. The van der Waals surface area contributed by atoms with E-state index in [0.717, 1.165) is 4.40 Å². The Kier molecular flexibility index (Phi) is 2.37. The first kappa shape index (κ1) is 11.8. The molecule has 0 bridgehead atoms. The topological polar surface area (TPSA) is 43.1 Å². The second-order valence-electron chi connectivity index (χ2n) is 4.75. The maximum Gasteiger partial charge on any atom is 0.452 e. The van der Waals surface area contributed by atoms with Crippen LogP contribution in [0.4, 0.5) is 13.2 Å². The van der Waals surface area contributed by atoms with Crippen LogP contribution in [0, 0.1) is 0 Å². The molecule has 0 atom stereocenters. The summed E-state index contributed by atoms with van der Waals surface area (Å²) in [4.78, 5) is 4.07. The molecule has 0 spiro atoms. The lowest BCUT2D eigenvalue weighted by atomic mass is 9.92. The van der Waals surface area contributed by atoms with E-state index >= 15 is 0 Å². The first-order valence-corrected chi connectivity index (χ1v) is 4.99. The van der Waals surface area contributed by atoms with E-state index in [0.29, 0.717) is 5.69 Å². The first-order chi connectivity index (χ1) is 7.69. The van der Waals surface area contributed by atoms with Crippen LogP contribution < -0.4 is 0 Å². The van der Waals surface area contributed by atoms with E-state index < -0.39 is 12.0 Å². The molecule has 4 nitrogen and oxygen atoms in total. The van der Waals surface area contributed by atoms with Gasteiger partial charge in [0, 0.05) is 11.6 Å². The SMILES string of the molecule is CC(C)(C)c1ccn2c(C(F)(F)F)nnc2n1. The van der Waals surface area contributed by atoms with Crippen molar-refractivity contribution >= 4 is 5.78 Å². The Hall–Kier alpha value is -1.66. The molecule has 0 aromatic carbocycles. The second kappa shape index (κ2) is 3.41. The predicted molar refractivity (Wildman–Crippen MR) is 54.5 cm³/mol. The molecule has 0 fully saturated rings. The largest absolute Gasteiger partial charge is 0.452 e. The minimum atomic E-state index is -4.52. The molecule has 17 heavy (non-hydrogen) atoms. The molecule has 2 heterocycles. The van der Waals surface area contributed by atoms with Gasteiger partial charge < -0.3 is 0 Å². The number of nitrogens with zero attached hydrogens (tertiary/aromatic N) is 4. The van der Waals surface area contributed by atoms with Crippen molar-refractivity contribution in [1.82, 2.24) is 19.6 Å². The highest BCUT2D eigenvalue weighted by atomic mass is 19.4. The smallest absolute Gasteiger partial charge is 0.263 e. The predicted octanol–water partition coefficient (Wildman–Crippen LogP) is 2.44. The Morgan fingerprint density at radius 1 is 1.12 bits per heavy atom. The minimum absolute atomic E-state index is 0.0373. The fraction of sp³-hybridized carbons (Fsp3) is 0.500. The van der Waals surface area contributed by atoms with Gasteiger partial charge >= 0.3 is 6.18 Å². The van der Waals surface area contributed by atoms with Gasteiger partial charge in [0.05, 0.1) is 5.69 Å². The summed E-state index contributed by atoms with van der Waals surface area (Å²) in [5.74, 6) is -1.09. The number of halogens is 3. The summed E-state index contributed by atoms with van der Waals surface area (Å²) >= 11 is 0. The molecule has 0 aliphatic heterocycles. The molecule has 2 aromatic rings. The second-order valence-corrected chi connectivity index (χ2v) is 4.75. The van der Waals surface area contributed by atoms with Crippen LogP contribution in [0.25, 0.3) is 5.78 Å². The highest BCUT2D eigenvalue weighted by Gasteiger charge is 2.37. The monoisotopic (exact) mass is 244 g/mol. The van der Waals surface area contributed by atoms with Crippen molar-refractivity contribution in [2.75, 3.05) is 0 Å². The van der Waals surface area contributed by atoms with Crippen LogP contribution in [0.2, 0.25) is 0 Å². The van der Waals surface area contributed by atoms with Crippen LogP contribution >= 0.6 is 0 Å². The van der Waals surface area contributed by atoms with Gasteiger partial charge in [0.2, 0.25) is 5.82 Å². The zero-order chi connectivity index (χ0) is 12.8. The van der Waals surface area contributed by atoms with E-state index in [2.05, 4.69) is 15.2 Å². The van der Waals surface area contributed by atoms with Crippen molar-refractivity contribution < 1.29 is 13.2 Å². The summed E-state index contributed by atoms with van der Waals surface area (Å²) in [6.07, 6.45) is -3.23. The molecule has 0 aliphatic rings. The van der Waals surface area contributed by atoms with Gasteiger partial charge in [-0.2, -0.15) is 13.2 Å². The molecule has 0 saturated heterocycles. The summed E-state index contributed by atoms with van der Waals surface area (Å²) in [7, 11) is 0. The molecule has 0 radical (unpaired) electrons. The van der Waals surface area contributed by atoms with E-state index in [1.807, 2.05) is 20.8 Å². The maximum absolute atomic E-state index is 12.5. The molecule has 0 unspecified atom stereocenters. The van der Waals surface area contributed by atoms with Gasteiger partial charge in [0.1, 0.15) is 0 Å². The number of alkyl halides is 3. The van der Waals surface area contributed by atoms with Gasteiger partial charge in [-0.15, -0.1) is 10.2 Å². The number of hydrogen-bond acceptors (Lipinski definition) is 3. The van der Waals surface area contributed by atoms with Gasteiger partial charge in [-0.05, 0) is 6.07 Å². The molecular formula is C10H11F3N4. The molecular weight excluding hydrogens is 233 g/mol. The number of fused-ring (bicyclic) bond motifs is 1. The molecule has 7 heteroatoms. The van der Waals surface area contributed by atoms with Crippen molar-refractivity contribution in [3.8, 4) is 0 Å². The molecule has 0 aliphatic carbocycles. The van der Waals surface area contributed by atoms with Crippen LogP contribution in [0.15, 0.2) is 12.3 Å². The molecule has 0 amide bonds. The van der Waals surface area contributed by atoms with E-state index in [-0.39, 0.29) is 11.2 Å². The maximum atomic E-state index is 12.5. The Morgan fingerprint density at radius 3 is 2.29 bits per heavy atom. The summed E-state index contributed by atoms with van der Waals surface area (Å²) in [6.45, 7) is 5.77. The van der Waals surface area contributed by atoms with Crippen molar-refractivity contribution in [3.63, 3.8) is 0 Å². The normalized spacial score (nSPS) is 13.3. The third-order valence-corrected chi connectivity index (χ3v) is 2.30. The zero-order valence-corrected chi connectivity index (χ0v) is 9.58. The zero-order valence-electron chi connectivity index (χ0n) is 9.58. The average molecular weight is 244 g/mol. The highest BCUT2D eigenvalue weighted by molar-refractivity contribution is 5.31. The van der Waals surface area contributed by atoms with E-state index in [9.17, 15) is 13.2 Å². The van der Waals surface area contributed by atoms with Crippen LogP contribution in [-0.2, 0) is 11.6 Å². The Balaban J connectivity index is 2.61. The van der Waals surface area contributed by atoms with Crippen LogP contribution in [0.5, 0.6) is 0 Å². The van der Waals surface area contributed by atoms with E-state index in [1.54, 1.807) is 6.07 Å². The van der Waals surface area contributed by atoms with Crippen LogP contribution in [-0.4, -0.2) is 19.6 Å². The minimum Gasteiger partial charge on any atom is -0.263 e. The molecule has 0 N–H and O–H groups in total. The summed E-state index contributed by atoms with van der Waals surface area (Å²) < 4.78 is 38.4. The van der Waals surface area contributed by atoms with Crippen molar-refractivity contribution in [2.45, 2.75) is 32.4 Å². The number of hydrogen-bond donors (Lipinski definition) is 0. The number of aromatic nitrogens is 4. The van der Waals surface area contributed by atoms with E-state index in [1.165, 1.54) is 6.20 Å². The van der Waals surface area contributed by atoms with Crippen molar-refractivity contribution in [3.05, 3.63) is 23.8 Å². The first-order valence-electron chi connectivity index (χ1n) is 4.99. The Bertz CT molecular complexity index is 551. The summed E-state index contributed by atoms with van der Waals surface area (Å²) in [5.41, 5.74) is 0.428.